The van der Waals surface area contributed by atoms with Crippen LogP contribution in [0.15, 0.2) is 23.2 Å². The van der Waals surface area contributed by atoms with Crippen molar-refractivity contribution >= 4 is 15.9 Å². The molecule has 0 amide bonds. The van der Waals surface area contributed by atoms with Crippen molar-refractivity contribution in [1.29, 1.82) is 0 Å². The van der Waals surface area contributed by atoms with Gasteiger partial charge in [-0.1, -0.05) is 0 Å². The molecule has 1 N–H and O–H groups in total. The standard InChI is InChI=1S/C12H17BrN4O2/c1-3-16-8-14-7-10(16)12(18)11-9(13)6-15-17(11)4-5-19-2/h6-8,12,18H,3-5H2,1-2H3. The molecule has 0 radical (unpaired) electrons. The molecule has 7 heteroatoms. The van der Waals surface area contributed by atoms with Gasteiger partial charge in [0.05, 0.1) is 47.7 Å². The van der Waals surface area contributed by atoms with Crippen LogP contribution >= 0.6 is 15.9 Å². The van der Waals surface area contributed by atoms with Crippen LogP contribution in [0.25, 0.3) is 0 Å². The first kappa shape index (κ1) is 14.2. The van der Waals surface area contributed by atoms with Crippen molar-refractivity contribution in [3.63, 3.8) is 0 Å². The summed E-state index contributed by atoms with van der Waals surface area (Å²) in [6.45, 7) is 3.90. The number of aromatic nitrogens is 4. The molecule has 0 saturated carbocycles. The first-order valence-corrected chi connectivity index (χ1v) is 6.86. The van der Waals surface area contributed by atoms with Gasteiger partial charge in [-0.3, -0.25) is 4.68 Å². The SMILES string of the molecule is CCn1cncc1C(O)c1c(Br)cnn1CCOC. The molecule has 0 aromatic carbocycles. The van der Waals surface area contributed by atoms with Crippen molar-refractivity contribution < 1.29 is 9.84 Å². The third-order valence-electron chi connectivity index (χ3n) is 2.96. The molecule has 0 aliphatic carbocycles. The van der Waals surface area contributed by atoms with Crippen molar-refractivity contribution in [2.75, 3.05) is 13.7 Å². The zero-order valence-electron chi connectivity index (χ0n) is 11.0. The van der Waals surface area contributed by atoms with Crippen molar-refractivity contribution in [3.8, 4) is 0 Å². The summed E-state index contributed by atoms with van der Waals surface area (Å²) in [5.41, 5.74) is 1.47. The van der Waals surface area contributed by atoms with E-state index in [1.54, 1.807) is 30.5 Å². The number of ether oxygens (including phenoxy) is 1. The van der Waals surface area contributed by atoms with Gasteiger partial charge in [-0.15, -0.1) is 0 Å². The van der Waals surface area contributed by atoms with Gasteiger partial charge in [-0.2, -0.15) is 5.10 Å². The van der Waals surface area contributed by atoms with Crippen molar-refractivity contribution in [2.24, 2.45) is 0 Å². The van der Waals surface area contributed by atoms with Crippen LogP contribution in [-0.2, 0) is 17.8 Å². The molecule has 0 aliphatic heterocycles. The quantitative estimate of drug-likeness (QED) is 0.874. The predicted molar refractivity (Wildman–Crippen MR) is 73.8 cm³/mol. The maximum absolute atomic E-state index is 10.6. The molecule has 0 aliphatic rings. The van der Waals surface area contributed by atoms with Crippen LogP contribution in [0.5, 0.6) is 0 Å². The molecule has 2 heterocycles. The van der Waals surface area contributed by atoms with E-state index in [4.69, 9.17) is 4.74 Å². The number of hydrogen-bond acceptors (Lipinski definition) is 4. The van der Waals surface area contributed by atoms with Gasteiger partial charge in [-0.25, -0.2) is 4.98 Å². The number of halogens is 1. The van der Waals surface area contributed by atoms with E-state index < -0.39 is 6.10 Å². The Morgan fingerprint density at radius 3 is 2.95 bits per heavy atom. The molecule has 1 unspecified atom stereocenters. The lowest BCUT2D eigenvalue weighted by molar-refractivity contribution is 0.168. The number of nitrogens with zero attached hydrogens (tertiary/aromatic N) is 4. The molecule has 2 aromatic rings. The molecule has 0 bridgehead atoms. The normalized spacial score (nSPS) is 12.8. The summed E-state index contributed by atoms with van der Waals surface area (Å²) in [4.78, 5) is 4.08. The van der Waals surface area contributed by atoms with Gasteiger partial charge in [0.1, 0.15) is 6.10 Å². The van der Waals surface area contributed by atoms with E-state index in [2.05, 4.69) is 26.0 Å². The number of hydrogen-bond donors (Lipinski definition) is 1. The van der Waals surface area contributed by atoms with E-state index >= 15 is 0 Å². The van der Waals surface area contributed by atoms with Crippen molar-refractivity contribution in [2.45, 2.75) is 26.1 Å². The smallest absolute Gasteiger partial charge is 0.138 e. The van der Waals surface area contributed by atoms with E-state index in [0.29, 0.717) is 18.8 Å². The fourth-order valence-electron chi connectivity index (χ4n) is 1.96. The van der Waals surface area contributed by atoms with Crippen LogP contribution in [-0.4, -0.2) is 38.2 Å². The minimum atomic E-state index is -0.767. The van der Waals surface area contributed by atoms with E-state index in [9.17, 15) is 5.11 Å². The molecule has 2 aromatic heterocycles. The highest BCUT2D eigenvalue weighted by Crippen LogP contribution is 2.28. The largest absolute Gasteiger partial charge is 0.383 e. The van der Waals surface area contributed by atoms with Gasteiger partial charge in [0.2, 0.25) is 0 Å². The Labute approximate surface area is 120 Å². The second-order valence-electron chi connectivity index (χ2n) is 4.10. The molecule has 2 rings (SSSR count). The maximum Gasteiger partial charge on any atom is 0.138 e. The average molecular weight is 329 g/mol. The van der Waals surface area contributed by atoms with Crippen molar-refractivity contribution in [3.05, 3.63) is 34.6 Å². The second kappa shape index (κ2) is 6.31. The topological polar surface area (TPSA) is 65.1 Å². The zero-order valence-corrected chi connectivity index (χ0v) is 12.5. The van der Waals surface area contributed by atoms with Crippen LogP contribution in [0.4, 0.5) is 0 Å². The number of aryl methyl sites for hydroxylation is 1. The summed E-state index contributed by atoms with van der Waals surface area (Å²) in [7, 11) is 1.64. The number of imidazole rings is 1. The van der Waals surface area contributed by atoms with Crippen LogP contribution in [0.2, 0.25) is 0 Å². The Balaban J connectivity index is 2.32. The van der Waals surface area contributed by atoms with E-state index in [1.807, 2.05) is 11.5 Å². The summed E-state index contributed by atoms with van der Waals surface area (Å²) in [5, 5.41) is 14.8. The van der Waals surface area contributed by atoms with Gasteiger partial charge in [0.15, 0.2) is 0 Å². The molecule has 104 valence electrons. The molecule has 6 nitrogen and oxygen atoms in total. The lowest BCUT2D eigenvalue weighted by Gasteiger charge is -2.15. The molecule has 0 saturated heterocycles. The van der Waals surface area contributed by atoms with Crippen LogP contribution < -0.4 is 0 Å². The molecule has 19 heavy (non-hydrogen) atoms. The third kappa shape index (κ3) is 2.88. The van der Waals surface area contributed by atoms with Gasteiger partial charge in [0.25, 0.3) is 0 Å². The fraction of sp³-hybridized carbons (Fsp3) is 0.500. The highest BCUT2D eigenvalue weighted by atomic mass is 79.9. The van der Waals surface area contributed by atoms with Gasteiger partial charge >= 0.3 is 0 Å². The summed E-state index contributed by atoms with van der Waals surface area (Å²) < 4.78 is 9.48. The summed E-state index contributed by atoms with van der Waals surface area (Å²) in [6, 6.07) is 0. The molecule has 0 fully saturated rings. The van der Waals surface area contributed by atoms with E-state index in [1.165, 1.54) is 0 Å². The highest BCUT2D eigenvalue weighted by Gasteiger charge is 2.22. The summed E-state index contributed by atoms with van der Waals surface area (Å²) >= 11 is 3.43. The zero-order chi connectivity index (χ0) is 13.8. The second-order valence-corrected chi connectivity index (χ2v) is 4.96. The Morgan fingerprint density at radius 2 is 2.26 bits per heavy atom. The van der Waals surface area contributed by atoms with Crippen LogP contribution in [0.1, 0.15) is 24.4 Å². The van der Waals surface area contributed by atoms with E-state index in [-0.39, 0.29) is 0 Å². The average Bonchev–Trinajstić information content (AvgIpc) is 3.02. The minimum Gasteiger partial charge on any atom is -0.383 e. The lowest BCUT2D eigenvalue weighted by atomic mass is 10.2. The molecular weight excluding hydrogens is 312 g/mol. The Kier molecular flexibility index (Phi) is 4.73. The number of methoxy groups -OCH3 is 1. The monoisotopic (exact) mass is 328 g/mol. The molecular formula is C12H17BrN4O2. The fourth-order valence-corrected chi connectivity index (χ4v) is 2.48. The van der Waals surface area contributed by atoms with E-state index in [0.717, 1.165) is 16.7 Å². The number of aliphatic hydroxyl groups excluding tert-OH is 1. The minimum absolute atomic E-state index is 0.543. The highest BCUT2D eigenvalue weighted by molar-refractivity contribution is 9.10. The van der Waals surface area contributed by atoms with Crippen LogP contribution in [0.3, 0.4) is 0 Å². The van der Waals surface area contributed by atoms with Gasteiger partial charge in [-0.05, 0) is 22.9 Å². The Bertz CT molecular complexity index is 538. The van der Waals surface area contributed by atoms with Gasteiger partial charge in [0, 0.05) is 13.7 Å². The van der Waals surface area contributed by atoms with Gasteiger partial charge < -0.3 is 14.4 Å². The first-order valence-electron chi connectivity index (χ1n) is 6.07. The third-order valence-corrected chi connectivity index (χ3v) is 3.58. The van der Waals surface area contributed by atoms with Crippen LogP contribution in [0, 0.1) is 0 Å². The number of rotatable bonds is 6. The predicted octanol–water partition coefficient (Wildman–Crippen LogP) is 1.59. The molecule has 0 spiro atoms. The lowest BCUT2D eigenvalue weighted by Crippen LogP contribution is -2.15. The van der Waals surface area contributed by atoms with Crippen molar-refractivity contribution in [1.82, 2.24) is 19.3 Å². The molecule has 1 atom stereocenters. The number of aliphatic hydroxyl groups is 1. The summed E-state index contributed by atoms with van der Waals surface area (Å²) in [6.07, 6.45) is 4.30. The Morgan fingerprint density at radius 1 is 1.47 bits per heavy atom. The Hall–Kier alpha value is -1.18. The first-order chi connectivity index (χ1) is 9.19. The maximum atomic E-state index is 10.6. The summed E-state index contributed by atoms with van der Waals surface area (Å²) in [5.74, 6) is 0.